The molecule has 0 aromatic heterocycles. The molecule has 1 aromatic carbocycles. The van der Waals surface area contributed by atoms with Crippen LogP contribution in [-0.4, -0.2) is 90.3 Å². The summed E-state index contributed by atoms with van der Waals surface area (Å²) >= 11 is 6.40. The first kappa shape index (κ1) is 21.1. The maximum absolute atomic E-state index is 13.0. The average molecular weight is 437 g/mol. The maximum atomic E-state index is 13.0. The molecule has 1 saturated carbocycles. The van der Waals surface area contributed by atoms with Crippen LogP contribution in [0.25, 0.3) is 0 Å². The Kier molecular flexibility index (Phi) is 5.97. The average Bonchev–Trinajstić information content (AvgIpc) is 3.52. The van der Waals surface area contributed by atoms with Gasteiger partial charge < -0.3 is 25.0 Å². The van der Waals surface area contributed by atoms with Crippen molar-refractivity contribution in [1.82, 2.24) is 14.7 Å². The van der Waals surface area contributed by atoms with Crippen molar-refractivity contribution in [3.05, 3.63) is 22.7 Å². The summed E-state index contributed by atoms with van der Waals surface area (Å²) in [6.07, 6.45) is 1.44. The van der Waals surface area contributed by atoms with Crippen molar-refractivity contribution in [2.45, 2.75) is 37.8 Å². The molecule has 3 fully saturated rings. The molecule has 1 aromatic rings. The van der Waals surface area contributed by atoms with Gasteiger partial charge in [-0.25, -0.2) is 4.79 Å². The number of rotatable bonds is 6. The Morgan fingerprint density at radius 2 is 1.83 bits per heavy atom. The van der Waals surface area contributed by atoms with Crippen LogP contribution in [0.2, 0.25) is 5.02 Å². The van der Waals surface area contributed by atoms with E-state index in [0.717, 1.165) is 37.2 Å². The number of piperazine rings is 1. The highest BCUT2D eigenvalue weighted by Gasteiger charge is 2.37. The molecule has 0 spiro atoms. The summed E-state index contributed by atoms with van der Waals surface area (Å²) < 4.78 is 5.47. The molecule has 8 nitrogen and oxygen atoms in total. The minimum absolute atomic E-state index is 0.0559. The van der Waals surface area contributed by atoms with Crippen LogP contribution in [0.3, 0.4) is 0 Å². The molecule has 1 unspecified atom stereocenters. The van der Waals surface area contributed by atoms with Crippen molar-refractivity contribution < 1.29 is 19.4 Å². The first-order chi connectivity index (χ1) is 14.4. The largest absolute Gasteiger partial charge is 0.495 e. The van der Waals surface area contributed by atoms with Gasteiger partial charge in [0.05, 0.1) is 12.8 Å². The van der Waals surface area contributed by atoms with Crippen LogP contribution in [-0.2, 0) is 4.79 Å². The number of carboxylic acid groups (broad SMARTS) is 1. The molecule has 1 atom stereocenters. The summed E-state index contributed by atoms with van der Waals surface area (Å²) in [5.74, 6) is 1.20. The number of likely N-dealkylation sites (tertiary alicyclic amines) is 1. The van der Waals surface area contributed by atoms with E-state index in [1.165, 1.54) is 4.90 Å². The van der Waals surface area contributed by atoms with Crippen LogP contribution < -0.4 is 10.1 Å². The van der Waals surface area contributed by atoms with Crippen molar-refractivity contribution in [3.63, 3.8) is 0 Å². The van der Waals surface area contributed by atoms with Crippen LogP contribution in [0.4, 0.5) is 10.5 Å². The van der Waals surface area contributed by atoms with Crippen molar-refractivity contribution in [2.75, 3.05) is 51.7 Å². The number of hydrogen-bond donors (Lipinski definition) is 2. The van der Waals surface area contributed by atoms with E-state index in [4.69, 9.17) is 21.4 Å². The van der Waals surface area contributed by atoms with Gasteiger partial charge in [-0.15, -0.1) is 0 Å². The van der Waals surface area contributed by atoms with E-state index in [1.807, 2.05) is 24.0 Å². The third-order valence-electron chi connectivity index (χ3n) is 6.35. The molecule has 2 aliphatic heterocycles. The van der Waals surface area contributed by atoms with Gasteiger partial charge >= 0.3 is 6.09 Å². The molecular formula is C21H29ClN4O4. The van der Waals surface area contributed by atoms with Crippen LogP contribution in [0.5, 0.6) is 5.75 Å². The predicted molar refractivity (Wildman–Crippen MR) is 115 cm³/mol. The van der Waals surface area contributed by atoms with Gasteiger partial charge in [0.15, 0.2) is 0 Å². The summed E-state index contributed by atoms with van der Waals surface area (Å²) in [6.45, 7) is 5.83. The second kappa shape index (κ2) is 8.51. The van der Waals surface area contributed by atoms with Gasteiger partial charge in [0.25, 0.3) is 0 Å². The van der Waals surface area contributed by atoms with Gasteiger partial charge in [0.2, 0.25) is 5.91 Å². The first-order valence-corrected chi connectivity index (χ1v) is 10.9. The van der Waals surface area contributed by atoms with Crippen LogP contribution in [0, 0.1) is 0 Å². The fraction of sp³-hybridized carbons (Fsp3) is 0.619. The number of carbonyl (C=O) groups is 2. The lowest BCUT2D eigenvalue weighted by atomic mass is 10.1. The lowest BCUT2D eigenvalue weighted by molar-refractivity contribution is -0.134. The molecule has 4 rings (SSSR count). The molecule has 0 radical (unpaired) electrons. The molecular weight excluding hydrogens is 408 g/mol. The number of nitrogens with one attached hydrogen (secondary N) is 1. The third kappa shape index (κ3) is 4.30. The Balaban J connectivity index is 1.32. The van der Waals surface area contributed by atoms with E-state index >= 15 is 0 Å². The van der Waals surface area contributed by atoms with Crippen LogP contribution in [0.15, 0.2) is 12.1 Å². The van der Waals surface area contributed by atoms with Gasteiger partial charge in [0, 0.05) is 56.4 Å². The molecule has 2 heterocycles. The number of anilines is 1. The van der Waals surface area contributed by atoms with Crippen molar-refractivity contribution in [1.29, 1.82) is 0 Å². The number of ether oxygens (including phenoxy) is 1. The van der Waals surface area contributed by atoms with E-state index in [2.05, 4.69) is 10.2 Å². The second-order valence-corrected chi connectivity index (χ2v) is 8.82. The lowest BCUT2D eigenvalue weighted by Gasteiger charge is -2.47. The zero-order valence-corrected chi connectivity index (χ0v) is 18.2. The highest BCUT2D eigenvalue weighted by atomic mass is 35.5. The monoisotopic (exact) mass is 436 g/mol. The van der Waals surface area contributed by atoms with Crippen molar-refractivity contribution >= 4 is 29.3 Å². The molecule has 9 heteroatoms. The topological polar surface area (TPSA) is 85.4 Å². The standard InChI is InChI=1S/C21H29ClN4O4/c1-13(23-18-9-16(14-3-4-14)17(22)10-19(18)30-2)20(27)25-7-5-24(6-8-25)15-11-26(12-15)21(28)29/h9-10,13-15,23H,3-8,11-12H2,1-2H3,(H,28,29). The number of halogens is 1. The molecule has 2 saturated heterocycles. The third-order valence-corrected chi connectivity index (χ3v) is 6.68. The Bertz CT molecular complexity index is 817. The summed E-state index contributed by atoms with van der Waals surface area (Å²) in [5.41, 5.74) is 1.91. The maximum Gasteiger partial charge on any atom is 0.407 e. The van der Waals surface area contributed by atoms with Gasteiger partial charge in [0.1, 0.15) is 11.8 Å². The molecule has 164 valence electrons. The predicted octanol–water partition coefficient (Wildman–Crippen LogP) is 2.53. The molecule has 2 N–H and O–H groups in total. The number of hydrogen-bond acceptors (Lipinski definition) is 5. The number of amides is 2. The van der Waals surface area contributed by atoms with E-state index in [9.17, 15) is 9.59 Å². The number of carbonyl (C=O) groups excluding carboxylic acids is 1. The van der Waals surface area contributed by atoms with Gasteiger partial charge in [-0.05, 0) is 37.3 Å². The van der Waals surface area contributed by atoms with E-state index < -0.39 is 6.09 Å². The fourth-order valence-corrected chi connectivity index (χ4v) is 4.59. The van der Waals surface area contributed by atoms with E-state index in [1.54, 1.807) is 7.11 Å². The zero-order valence-electron chi connectivity index (χ0n) is 17.4. The smallest absolute Gasteiger partial charge is 0.407 e. The Labute approximate surface area is 181 Å². The lowest BCUT2D eigenvalue weighted by Crippen LogP contribution is -2.64. The van der Waals surface area contributed by atoms with Crippen molar-refractivity contribution in [3.8, 4) is 5.75 Å². The minimum Gasteiger partial charge on any atom is -0.495 e. The first-order valence-electron chi connectivity index (χ1n) is 10.5. The fourth-order valence-electron chi connectivity index (χ4n) is 4.28. The molecule has 30 heavy (non-hydrogen) atoms. The number of benzene rings is 1. The number of methoxy groups -OCH3 is 1. The van der Waals surface area contributed by atoms with E-state index in [-0.39, 0.29) is 18.0 Å². The minimum atomic E-state index is -0.859. The summed E-state index contributed by atoms with van der Waals surface area (Å²) in [5, 5.41) is 13.0. The Hall–Kier alpha value is -2.19. The number of nitrogens with zero attached hydrogens (tertiary/aromatic N) is 3. The molecule has 1 aliphatic carbocycles. The second-order valence-electron chi connectivity index (χ2n) is 8.42. The molecule has 3 aliphatic rings. The summed E-state index contributed by atoms with van der Waals surface area (Å²) in [6, 6.07) is 3.73. The quantitative estimate of drug-likeness (QED) is 0.712. The molecule has 0 bridgehead atoms. The van der Waals surface area contributed by atoms with Gasteiger partial charge in [-0.1, -0.05) is 11.6 Å². The van der Waals surface area contributed by atoms with Crippen molar-refractivity contribution in [2.24, 2.45) is 0 Å². The Morgan fingerprint density at radius 1 is 1.17 bits per heavy atom. The highest BCUT2D eigenvalue weighted by molar-refractivity contribution is 6.31. The zero-order chi connectivity index (χ0) is 21.4. The van der Waals surface area contributed by atoms with E-state index in [0.29, 0.717) is 42.9 Å². The van der Waals surface area contributed by atoms with Gasteiger partial charge in [-0.2, -0.15) is 0 Å². The normalized spacial score (nSPS) is 21.2. The van der Waals surface area contributed by atoms with Gasteiger partial charge in [-0.3, -0.25) is 9.69 Å². The van der Waals surface area contributed by atoms with Crippen LogP contribution in [0.1, 0.15) is 31.2 Å². The SMILES string of the molecule is COc1cc(Cl)c(C2CC2)cc1NC(C)C(=O)N1CCN(C2CN(C(=O)O)C2)CC1. The summed E-state index contributed by atoms with van der Waals surface area (Å²) in [7, 11) is 1.60. The highest BCUT2D eigenvalue weighted by Crippen LogP contribution is 2.46. The summed E-state index contributed by atoms with van der Waals surface area (Å²) in [4.78, 5) is 29.5. The van der Waals surface area contributed by atoms with Crippen LogP contribution >= 0.6 is 11.6 Å². The Morgan fingerprint density at radius 3 is 2.40 bits per heavy atom. The molecule has 2 amide bonds.